The van der Waals surface area contributed by atoms with Crippen LogP contribution in [0.25, 0.3) is 6.08 Å². The fraction of sp³-hybridized carbons (Fsp3) is 0.0833. The van der Waals surface area contributed by atoms with Crippen LogP contribution in [0.2, 0.25) is 5.02 Å². The zero-order valence-electron chi connectivity index (χ0n) is 16.9. The maximum absolute atomic E-state index is 12.3. The predicted molar refractivity (Wildman–Crippen MR) is 121 cm³/mol. The van der Waals surface area contributed by atoms with E-state index in [1.807, 2.05) is 43.3 Å². The Hall–Kier alpha value is -3.97. The fourth-order valence-electron chi connectivity index (χ4n) is 3.02. The van der Waals surface area contributed by atoms with Gasteiger partial charge in [0.05, 0.1) is 4.92 Å². The number of carbonyl (C=O) groups excluding carboxylic acids is 1. The van der Waals surface area contributed by atoms with Gasteiger partial charge in [0, 0.05) is 11.6 Å². The van der Waals surface area contributed by atoms with Crippen LogP contribution in [-0.4, -0.2) is 16.8 Å². The Morgan fingerprint density at radius 3 is 2.66 bits per heavy atom. The van der Waals surface area contributed by atoms with Gasteiger partial charge >= 0.3 is 5.97 Å². The number of carbonyl (C=O) groups is 1. The molecule has 0 unspecified atom stereocenters. The van der Waals surface area contributed by atoms with Crippen molar-refractivity contribution in [3.8, 4) is 5.75 Å². The second-order valence-electron chi connectivity index (χ2n) is 7.11. The predicted octanol–water partition coefficient (Wildman–Crippen LogP) is 5.48. The lowest BCUT2D eigenvalue weighted by molar-refractivity contribution is -0.384. The Balaban J connectivity index is 1.53. The summed E-state index contributed by atoms with van der Waals surface area (Å²) in [6, 6.07) is 19.4. The van der Waals surface area contributed by atoms with Crippen molar-refractivity contribution in [1.29, 1.82) is 0 Å². The first kappa shape index (κ1) is 21.3. The highest BCUT2D eigenvalue weighted by atomic mass is 35.5. The average Bonchev–Trinajstić information content (AvgIpc) is 3.14. The molecule has 0 bridgehead atoms. The quantitative estimate of drug-likeness (QED) is 0.215. The van der Waals surface area contributed by atoms with Crippen molar-refractivity contribution in [1.82, 2.24) is 0 Å². The van der Waals surface area contributed by atoms with Gasteiger partial charge in [-0.1, -0.05) is 53.6 Å². The SMILES string of the molecule is Cc1ccc(COc2cccc(/C=C3\N=C(c4ccc(Cl)c([N+](=O)[O-])c4)OC3=O)c2)cc1. The summed E-state index contributed by atoms with van der Waals surface area (Å²) in [4.78, 5) is 27.0. The van der Waals surface area contributed by atoms with Gasteiger partial charge in [0.15, 0.2) is 5.70 Å². The molecule has 0 fully saturated rings. The summed E-state index contributed by atoms with van der Waals surface area (Å²) in [5.41, 5.74) is 2.99. The third-order valence-electron chi connectivity index (χ3n) is 4.70. The maximum atomic E-state index is 12.3. The minimum Gasteiger partial charge on any atom is -0.489 e. The number of nitro benzene ring substituents is 1. The molecule has 0 aliphatic carbocycles. The second kappa shape index (κ2) is 9.03. The van der Waals surface area contributed by atoms with Gasteiger partial charge in [0.2, 0.25) is 5.90 Å². The minimum atomic E-state index is -0.649. The molecule has 3 aromatic rings. The van der Waals surface area contributed by atoms with Gasteiger partial charge in [-0.25, -0.2) is 9.79 Å². The zero-order valence-corrected chi connectivity index (χ0v) is 17.7. The number of nitro groups is 1. The van der Waals surface area contributed by atoms with E-state index >= 15 is 0 Å². The van der Waals surface area contributed by atoms with Gasteiger partial charge in [-0.3, -0.25) is 10.1 Å². The Kier molecular flexibility index (Phi) is 6.00. The van der Waals surface area contributed by atoms with Crippen LogP contribution in [0.1, 0.15) is 22.3 Å². The molecule has 160 valence electrons. The highest BCUT2D eigenvalue weighted by Crippen LogP contribution is 2.28. The van der Waals surface area contributed by atoms with Crippen LogP contribution in [0, 0.1) is 17.0 Å². The molecule has 0 spiro atoms. The lowest BCUT2D eigenvalue weighted by Crippen LogP contribution is -2.06. The van der Waals surface area contributed by atoms with Gasteiger partial charge in [0.25, 0.3) is 5.69 Å². The zero-order chi connectivity index (χ0) is 22.7. The molecule has 0 radical (unpaired) electrons. The maximum Gasteiger partial charge on any atom is 0.363 e. The molecular weight excluding hydrogens is 432 g/mol. The van der Waals surface area contributed by atoms with E-state index in [0.717, 1.165) is 5.56 Å². The molecule has 0 saturated heterocycles. The van der Waals surface area contributed by atoms with Crippen molar-refractivity contribution in [2.75, 3.05) is 0 Å². The van der Waals surface area contributed by atoms with Crippen molar-refractivity contribution in [2.45, 2.75) is 13.5 Å². The van der Waals surface area contributed by atoms with Crippen LogP contribution in [0.3, 0.4) is 0 Å². The third-order valence-corrected chi connectivity index (χ3v) is 5.02. The van der Waals surface area contributed by atoms with E-state index in [4.69, 9.17) is 21.1 Å². The highest BCUT2D eigenvalue weighted by molar-refractivity contribution is 6.32. The summed E-state index contributed by atoms with van der Waals surface area (Å²) >= 11 is 5.84. The second-order valence-corrected chi connectivity index (χ2v) is 7.51. The van der Waals surface area contributed by atoms with Crippen LogP contribution in [0.5, 0.6) is 5.75 Å². The Morgan fingerprint density at radius 1 is 1.12 bits per heavy atom. The van der Waals surface area contributed by atoms with Crippen molar-refractivity contribution < 1.29 is 19.2 Å². The van der Waals surface area contributed by atoms with E-state index in [1.54, 1.807) is 18.2 Å². The molecule has 0 N–H and O–H groups in total. The monoisotopic (exact) mass is 448 g/mol. The fourth-order valence-corrected chi connectivity index (χ4v) is 3.21. The lowest BCUT2D eigenvalue weighted by Gasteiger charge is -2.07. The molecule has 0 aromatic heterocycles. The number of benzene rings is 3. The number of esters is 1. The molecule has 3 aromatic carbocycles. The van der Waals surface area contributed by atoms with E-state index < -0.39 is 10.9 Å². The van der Waals surface area contributed by atoms with Crippen LogP contribution in [0.4, 0.5) is 5.69 Å². The van der Waals surface area contributed by atoms with Crippen molar-refractivity contribution >= 4 is 35.2 Å². The first-order valence-corrected chi connectivity index (χ1v) is 10.0. The largest absolute Gasteiger partial charge is 0.489 e. The van der Waals surface area contributed by atoms with E-state index in [9.17, 15) is 14.9 Å². The summed E-state index contributed by atoms with van der Waals surface area (Å²) in [5.74, 6) is -0.0276. The number of rotatable bonds is 6. The Morgan fingerprint density at radius 2 is 1.91 bits per heavy atom. The van der Waals surface area contributed by atoms with Gasteiger partial charge in [0.1, 0.15) is 17.4 Å². The molecule has 1 heterocycles. The summed E-state index contributed by atoms with van der Waals surface area (Å²) in [6.07, 6.45) is 1.57. The normalized spacial score (nSPS) is 14.2. The van der Waals surface area contributed by atoms with Gasteiger partial charge < -0.3 is 9.47 Å². The smallest absolute Gasteiger partial charge is 0.363 e. The minimum absolute atomic E-state index is 0.0121. The Bertz CT molecular complexity index is 1270. The number of hydrogen-bond acceptors (Lipinski definition) is 6. The highest BCUT2D eigenvalue weighted by Gasteiger charge is 2.26. The van der Waals surface area contributed by atoms with E-state index in [1.165, 1.54) is 23.8 Å². The molecule has 0 saturated carbocycles. The van der Waals surface area contributed by atoms with E-state index in [0.29, 0.717) is 17.9 Å². The average molecular weight is 449 g/mol. The molecule has 1 aliphatic heterocycles. The summed E-state index contributed by atoms with van der Waals surface area (Å²) in [7, 11) is 0. The first-order chi connectivity index (χ1) is 15.4. The van der Waals surface area contributed by atoms with Gasteiger partial charge in [-0.05, 0) is 48.4 Å². The number of aliphatic imine (C=N–C) groups is 1. The molecule has 32 heavy (non-hydrogen) atoms. The van der Waals surface area contributed by atoms with Gasteiger partial charge in [-0.15, -0.1) is 0 Å². The number of cyclic esters (lactones) is 1. The molecule has 8 heteroatoms. The van der Waals surface area contributed by atoms with E-state index in [-0.39, 0.29) is 27.9 Å². The number of aryl methyl sites for hydroxylation is 1. The molecule has 0 amide bonds. The summed E-state index contributed by atoms with van der Waals surface area (Å²) in [5, 5.41) is 11.1. The van der Waals surface area contributed by atoms with E-state index in [2.05, 4.69) is 4.99 Å². The topological polar surface area (TPSA) is 91.0 Å². The van der Waals surface area contributed by atoms with Crippen LogP contribution >= 0.6 is 11.6 Å². The molecule has 1 aliphatic rings. The number of halogens is 1. The number of ether oxygens (including phenoxy) is 2. The van der Waals surface area contributed by atoms with Gasteiger partial charge in [-0.2, -0.15) is 0 Å². The summed E-state index contributed by atoms with van der Waals surface area (Å²) in [6.45, 7) is 2.44. The van der Waals surface area contributed by atoms with Crippen molar-refractivity contribution in [2.24, 2.45) is 4.99 Å². The molecule has 0 atom stereocenters. The molecular formula is C24H17ClN2O5. The molecule has 4 rings (SSSR count). The molecule has 7 nitrogen and oxygen atoms in total. The number of hydrogen-bond donors (Lipinski definition) is 0. The standard InChI is InChI=1S/C24H17ClN2O5/c1-15-5-7-16(8-6-15)14-31-19-4-2-3-17(11-19)12-21-24(28)32-23(26-21)18-9-10-20(25)22(13-18)27(29)30/h2-13H,14H2,1H3/b21-12-. The third kappa shape index (κ3) is 4.84. The van der Waals surface area contributed by atoms with Crippen LogP contribution in [-0.2, 0) is 16.1 Å². The van der Waals surface area contributed by atoms with Crippen molar-refractivity contribution in [3.63, 3.8) is 0 Å². The number of nitrogens with zero attached hydrogens (tertiary/aromatic N) is 2. The Labute approximate surface area is 188 Å². The first-order valence-electron chi connectivity index (χ1n) is 9.64. The lowest BCUT2D eigenvalue weighted by atomic mass is 10.1. The van der Waals surface area contributed by atoms with Crippen molar-refractivity contribution in [3.05, 3.63) is 110 Å². The summed E-state index contributed by atoms with van der Waals surface area (Å²) < 4.78 is 11.0. The van der Waals surface area contributed by atoms with Crippen LogP contribution < -0.4 is 4.74 Å². The van der Waals surface area contributed by atoms with Crippen LogP contribution in [0.15, 0.2) is 77.4 Å².